The van der Waals surface area contributed by atoms with Crippen molar-refractivity contribution in [3.05, 3.63) is 46.7 Å². The van der Waals surface area contributed by atoms with E-state index in [9.17, 15) is 9.59 Å². The molecular formula is C20H25N3O3S. The second-order valence-corrected chi connectivity index (χ2v) is 7.55. The molecule has 0 spiro atoms. The van der Waals surface area contributed by atoms with E-state index in [1.807, 2.05) is 31.6 Å². The van der Waals surface area contributed by atoms with Gasteiger partial charge in [0.2, 0.25) is 5.91 Å². The molecule has 3 rings (SSSR count). The van der Waals surface area contributed by atoms with Crippen molar-refractivity contribution in [2.45, 2.75) is 18.9 Å². The number of nitrogens with one attached hydrogen (secondary N) is 1. The van der Waals surface area contributed by atoms with Gasteiger partial charge >= 0.3 is 0 Å². The van der Waals surface area contributed by atoms with Crippen LogP contribution in [-0.2, 0) is 9.59 Å². The summed E-state index contributed by atoms with van der Waals surface area (Å²) >= 11 is 1.65. The quantitative estimate of drug-likeness (QED) is 0.757. The van der Waals surface area contributed by atoms with Crippen molar-refractivity contribution in [2.24, 2.45) is 0 Å². The molecule has 0 saturated carbocycles. The summed E-state index contributed by atoms with van der Waals surface area (Å²) in [5.41, 5.74) is 2.07. The monoisotopic (exact) mass is 387 g/mol. The number of benzene rings is 1. The van der Waals surface area contributed by atoms with E-state index < -0.39 is 0 Å². The molecule has 7 heteroatoms. The van der Waals surface area contributed by atoms with Gasteiger partial charge in [-0.25, -0.2) is 0 Å². The number of rotatable bonds is 8. The first-order chi connectivity index (χ1) is 13.0. The Morgan fingerprint density at radius 2 is 2.07 bits per heavy atom. The van der Waals surface area contributed by atoms with E-state index in [1.165, 1.54) is 5.56 Å². The zero-order valence-electron chi connectivity index (χ0n) is 15.7. The van der Waals surface area contributed by atoms with E-state index in [0.717, 1.165) is 18.7 Å². The average molecular weight is 388 g/mol. The maximum Gasteiger partial charge on any atom is 0.258 e. The summed E-state index contributed by atoms with van der Waals surface area (Å²) in [7, 11) is 4.00. The minimum Gasteiger partial charge on any atom is -0.484 e. The van der Waals surface area contributed by atoms with E-state index >= 15 is 0 Å². The van der Waals surface area contributed by atoms with Crippen molar-refractivity contribution in [1.29, 1.82) is 0 Å². The van der Waals surface area contributed by atoms with Crippen molar-refractivity contribution in [1.82, 2.24) is 10.2 Å². The zero-order valence-corrected chi connectivity index (χ0v) is 16.5. The number of thiophene rings is 1. The third-order valence-corrected chi connectivity index (χ3v) is 5.34. The lowest BCUT2D eigenvalue weighted by molar-refractivity contribution is -0.123. The van der Waals surface area contributed by atoms with E-state index in [2.05, 4.69) is 21.7 Å². The van der Waals surface area contributed by atoms with Crippen LogP contribution in [0.15, 0.2) is 41.1 Å². The number of hydrogen-bond donors (Lipinski definition) is 1. The summed E-state index contributed by atoms with van der Waals surface area (Å²) in [6, 6.07) is 9.51. The second-order valence-electron chi connectivity index (χ2n) is 6.77. The highest BCUT2D eigenvalue weighted by Crippen LogP contribution is 2.24. The maximum absolute atomic E-state index is 12.1. The Morgan fingerprint density at radius 1 is 1.30 bits per heavy atom. The number of likely N-dealkylation sites (N-methyl/N-ethyl adjacent to an activating group) is 1. The summed E-state index contributed by atoms with van der Waals surface area (Å²) in [5, 5.41) is 7.07. The van der Waals surface area contributed by atoms with Gasteiger partial charge in [0.25, 0.3) is 5.91 Å². The van der Waals surface area contributed by atoms with Crippen LogP contribution in [0.3, 0.4) is 0 Å². The van der Waals surface area contributed by atoms with Gasteiger partial charge < -0.3 is 19.9 Å². The molecule has 0 radical (unpaired) electrons. The fraction of sp³-hybridized carbons (Fsp3) is 0.400. The highest BCUT2D eigenvalue weighted by molar-refractivity contribution is 7.07. The molecular weight excluding hydrogens is 362 g/mol. The van der Waals surface area contributed by atoms with E-state index in [0.29, 0.717) is 18.7 Å². The molecule has 1 fully saturated rings. The number of carbonyl (C=O) groups excluding carboxylic acids is 2. The van der Waals surface area contributed by atoms with Gasteiger partial charge in [-0.1, -0.05) is 0 Å². The SMILES string of the molecule is CN(C)C(CNC(=O)COc1ccc(N2CCCC2=O)cc1)c1ccsc1. The van der Waals surface area contributed by atoms with Gasteiger partial charge in [0.05, 0.1) is 6.04 Å². The first-order valence-electron chi connectivity index (χ1n) is 9.03. The average Bonchev–Trinajstić information content (AvgIpc) is 3.32. The topological polar surface area (TPSA) is 61.9 Å². The lowest BCUT2D eigenvalue weighted by Crippen LogP contribution is -2.36. The van der Waals surface area contributed by atoms with Crippen LogP contribution in [0.4, 0.5) is 5.69 Å². The minimum atomic E-state index is -0.157. The van der Waals surface area contributed by atoms with Crippen LogP contribution in [0.2, 0.25) is 0 Å². The Hall–Kier alpha value is -2.38. The molecule has 6 nitrogen and oxygen atoms in total. The first kappa shape index (κ1) is 19.4. The Kier molecular flexibility index (Phi) is 6.47. The predicted molar refractivity (Wildman–Crippen MR) is 107 cm³/mol. The Balaban J connectivity index is 1.46. The highest BCUT2D eigenvalue weighted by atomic mass is 32.1. The number of carbonyl (C=O) groups is 2. The molecule has 0 aliphatic carbocycles. The van der Waals surface area contributed by atoms with Crippen LogP contribution >= 0.6 is 11.3 Å². The summed E-state index contributed by atoms with van der Waals surface area (Å²) < 4.78 is 5.57. The minimum absolute atomic E-state index is 0.0359. The lowest BCUT2D eigenvalue weighted by Gasteiger charge is -2.24. The molecule has 2 amide bonds. The first-order valence-corrected chi connectivity index (χ1v) is 9.97. The maximum atomic E-state index is 12.1. The molecule has 2 aromatic rings. The van der Waals surface area contributed by atoms with Crippen LogP contribution in [0.1, 0.15) is 24.4 Å². The molecule has 1 aliphatic heterocycles. The second kappa shape index (κ2) is 9.01. The zero-order chi connectivity index (χ0) is 19.2. The number of anilines is 1. The largest absolute Gasteiger partial charge is 0.484 e. The lowest BCUT2D eigenvalue weighted by atomic mass is 10.1. The summed E-state index contributed by atoms with van der Waals surface area (Å²) in [5.74, 6) is 0.613. The van der Waals surface area contributed by atoms with Crippen molar-refractivity contribution >= 4 is 28.8 Å². The number of ether oxygens (including phenoxy) is 1. The number of nitrogens with zero attached hydrogens (tertiary/aromatic N) is 2. The molecule has 144 valence electrons. The van der Waals surface area contributed by atoms with Crippen LogP contribution in [0.5, 0.6) is 5.75 Å². The van der Waals surface area contributed by atoms with Crippen LogP contribution in [0.25, 0.3) is 0 Å². The van der Waals surface area contributed by atoms with Gasteiger partial charge in [-0.05, 0) is 67.2 Å². The molecule has 1 saturated heterocycles. The molecule has 1 aromatic heterocycles. The molecule has 1 unspecified atom stereocenters. The molecule has 1 aromatic carbocycles. The Morgan fingerprint density at radius 3 is 2.67 bits per heavy atom. The van der Waals surface area contributed by atoms with Crippen molar-refractivity contribution < 1.29 is 14.3 Å². The third-order valence-electron chi connectivity index (χ3n) is 4.64. The molecule has 1 atom stereocenters. The Labute approximate surface area is 163 Å². The molecule has 27 heavy (non-hydrogen) atoms. The molecule has 0 bridgehead atoms. The molecule has 2 heterocycles. The van der Waals surface area contributed by atoms with E-state index in [1.54, 1.807) is 28.4 Å². The predicted octanol–water partition coefficient (Wildman–Crippen LogP) is 2.67. The van der Waals surface area contributed by atoms with Gasteiger partial charge in [-0.15, -0.1) is 0 Å². The number of amides is 2. The number of hydrogen-bond acceptors (Lipinski definition) is 5. The van der Waals surface area contributed by atoms with E-state index in [4.69, 9.17) is 4.74 Å². The van der Waals surface area contributed by atoms with Gasteiger partial charge in [0.1, 0.15) is 5.75 Å². The summed E-state index contributed by atoms with van der Waals surface area (Å²) in [6.07, 6.45) is 1.51. The standard InChI is InChI=1S/C20H25N3O3S/c1-22(2)18(15-9-11-27-14-15)12-21-19(24)13-26-17-7-5-16(6-8-17)23-10-3-4-20(23)25/h5-9,11,14,18H,3-4,10,12-13H2,1-2H3,(H,21,24). The van der Waals surface area contributed by atoms with Crippen molar-refractivity contribution in [3.8, 4) is 5.75 Å². The molecule has 1 N–H and O–H groups in total. The van der Waals surface area contributed by atoms with Gasteiger partial charge in [0.15, 0.2) is 6.61 Å². The third kappa shape index (κ3) is 5.08. The fourth-order valence-electron chi connectivity index (χ4n) is 3.12. The highest BCUT2D eigenvalue weighted by Gasteiger charge is 2.21. The summed E-state index contributed by atoms with van der Waals surface area (Å²) in [4.78, 5) is 27.8. The van der Waals surface area contributed by atoms with E-state index in [-0.39, 0.29) is 24.5 Å². The van der Waals surface area contributed by atoms with Crippen molar-refractivity contribution in [3.63, 3.8) is 0 Å². The van der Waals surface area contributed by atoms with Crippen LogP contribution in [-0.4, -0.2) is 50.5 Å². The normalized spacial score (nSPS) is 15.2. The van der Waals surface area contributed by atoms with Gasteiger partial charge in [-0.3, -0.25) is 9.59 Å². The Bertz CT molecular complexity index is 759. The van der Waals surface area contributed by atoms with Crippen LogP contribution in [0, 0.1) is 0 Å². The smallest absolute Gasteiger partial charge is 0.258 e. The summed E-state index contributed by atoms with van der Waals surface area (Å²) in [6.45, 7) is 1.26. The van der Waals surface area contributed by atoms with Crippen molar-refractivity contribution in [2.75, 3.05) is 38.7 Å². The van der Waals surface area contributed by atoms with Crippen LogP contribution < -0.4 is 15.0 Å². The fourth-order valence-corrected chi connectivity index (χ4v) is 3.82. The molecule has 1 aliphatic rings. The van der Waals surface area contributed by atoms with Gasteiger partial charge in [0, 0.05) is 25.2 Å². The van der Waals surface area contributed by atoms with Gasteiger partial charge in [-0.2, -0.15) is 11.3 Å².